The molecule has 2 saturated heterocycles. The molecule has 2 atom stereocenters. The van der Waals surface area contributed by atoms with Gasteiger partial charge in [-0.1, -0.05) is 13.3 Å². The van der Waals surface area contributed by atoms with E-state index in [1.54, 1.807) is 0 Å². The summed E-state index contributed by atoms with van der Waals surface area (Å²) >= 11 is 0. The summed E-state index contributed by atoms with van der Waals surface area (Å²) in [7, 11) is 0. The molecule has 0 aromatic carbocycles. The molecule has 1 N–H and O–H groups in total. The number of carbonyl (C=O) groups excluding carboxylic acids is 1. The average Bonchev–Trinajstić information content (AvgIpc) is 2.89. The van der Waals surface area contributed by atoms with Crippen LogP contribution in [0.2, 0.25) is 0 Å². The first-order valence-electron chi connectivity index (χ1n) is 7.30. The van der Waals surface area contributed by atoms with Crippen molar-refractivity contribution in [3.8, 4) is 0 Å². The fourth-order valence-electron chi connectivity index (χ4n) is 3.08. The van der Waals surface area contributed by atoms with Gasteiger partial charge >= 0.3 is 0 Å². The molecule has 0 radical (unpaired) electrons. The first-order valence-corrected chi connectivity index (χ1v) is 7.30. The van der Waals surface area contributed by atoms with E-state index in [-0.39, 0.29) is 12.4 Å². The highest BCUT2D eigenvalue weighted by molar-refractivity contribution is 5.85. The Kier molecular flexibility index (Phi) is 7.02. The minimum atomic E-state index is 0. The molecule has 106 valence electrons. The maximum atomic E-state index is 12.1. The third-order valence-electron chi connectivity index (χ3n) is 4.32. The Hall–Kier alpha value is -0.280. The second kappa shape index (κ2) is 8.00. The van der Waals surface area contributed by atoms with Crippen LogP contribution in [0.3, 0.4) is 0 Å². The first-order chi connectivity index (χ1) is 8.29. The van der Waals surface area contributed by atoms with Gasteiger partial charge < -0.3 is 10.2 Å². The zero-order chi connectivity index (χ0) is 12.1. The second-order valence-electron chi connectivity index (χ2n) is 5.59. The summed E-state index contributed by atoms with van der Waals surface area (Å²) < 4.78 is 0. The van der Waals surface area contributed by atoms with Crippen molar-refractivity contribution in [2.75, 3.05) is 19.6 Å². The summed E-state index contributed by atoms with van der Waals surface area (Å²) in [5.74, 6) is 1.13. The summed E-state index contributed by atoms with van der Waals surface area (Å²) in [6.45, 7) is 5.38. The third-order valence-corrected chi connectivity index (χ3v) is 4.32. The van der Waals surface area contributed by atoms with Gasteiger partial charge in [-0.25, -0.2) is 0 Å². The molecular formula is C14H27ClN2O. The number of carbonyl (C=O) groups is 1. The van der Waals surface area contributed by atoms with E-state index in [0.29, 0.717) is 11.9 Å². The number of hydrogen-bond donors (Lipinski definition) is 1. The lowest BCUT2D eigenvalue weighted by Crippen LogP contribution is -2.40. The van der Waals surface area contributed by atoms with Gasteiger partial charge in [-0.15, -0.1) is 12.4 Å². The van der Waals surface area contributed by atoms with E-state index in [9.17, 15) is 4.79 Å². The quantitative estimate of drug-likeness (QED) is 0.855. The van der Waals surface area contributed by atoms with Crippen molar-refractivity contribution in [3.63, 3.8) is 0 Å². The molecule has 2 aliphatic heterocycles. The average molecular weight is 275 g/mol. The Labute approximate surface area is 117 Å². The van der Waals surface area contributed by atoms with Gasteiger partial charge in [0.25, 0.3) is 0 Å². The number of nitrogens with zero attached hydrogens (tertiary/aromatic N) is 1. The predicted molar refractivity (Wildman–Crippen MR) is 77.1 cm³/mol. The first kappa shape index (κ1) is 15.8. The molecule has 1 amide bonds. The smallest absolute Gasteiger partial charge is 0.222 e. The van der Waals surface area contributed by atoms with E-state index < -0.39 is 0 Å². The molecule has 4 heteroatoms. The van der Waals surface area contributed by atoms with E-state index in [2.05, 4.69) is 17.1 Å². The van der Waals surface area contributed by atoms with Crippen LogP contribution in [0.4, 0.5) is 0 Å². The molecule has 0 saturated carbocycles. The van der Waals surface area contributed by atoms with Crippen molar-refractivity contribution in [2.24, 2.45) is 5.92 Å². The van der Waals surface area contributed by atoms with Crippen LogP contribution in [0.25, 0.3) is 0 Å². The molecule has 2 fully saturated rings. The summed E-state index contributed by atoms with van der Waals surface area (Å²) in [5, 5.41) is 3.46. The number of nitrogens with one attached hydrogen (secondary N) is 1. The van der Waals surface area contributed by atoms with Crippen LogP contribution in [0, 0.1) is 5.92 Å². The Morgan fingerprint density at radius 3 is 2.83 bits per heavy atom. The predicted octanol–water partition coefficient (Wildman–Crippen LogP) is 2.59. The van der Waals surface area contributed by atoms with Gasteiger partial charge in [-0.05, 0) is 44.6 Å². The zero-order valence-corrected chi connectivity index (χ0v) is 12.3. The summed E-state index contributed by atoms with van der Waals surface area (Å²) in [6.07, 6.45) is 8.04. The fraction of sp³-hybridized carbons (Fsp3) is 0.929. The molecule has 0 aromatic rings. The Bertz CT molecular complexity index is 254. The van der Waals surface area contributed by atoms with Crippen molar-refractivity contribution in [1.29, 1.82) is 0 Å². The minimum Gasteiger partial charge on any atom is -0.342 e. The van der Waals surface area contributed by atoms with Crippen LogP contribution in [-0.4, -0.2) is 36.5 Å². The molecule has 0 spiro atoms. The standard InChI is InChI=1S/C14H26N2O.ClH/c1-2-12-5-4-10-16(11-12)14(17)8-7-13-6-3-9-15-13;/h12-13,15H,2-11H2,1H3;1H. The molecule has 2 rings (SSSR count). The maximum absolute atomic E-state index is 12.1. The van der Waals surface area contributed by atoms with Gasteiger partial charge in [-0.3, -0.25) is 4.79 Å². The van der Waals surface area contributed by atoms with E-state index in [1.807, 2.05) is 0 Å². The van der Waals surface area contributed by atoms with Gasteiger partial charge in [0, 0.05) is 25.6 Å². The number of likely N-dealkylation sites (tertiary alicyclic amines) is 1. The summed E-state index contributed by atoms with van der Waals surface area (Å²) in [6, 6.07) is 0.603. The number of rotatable bonds is 4. The largest absolute Gasteiger partial charge is 0.342 e. The lowest BCUT2D eigenvalue weighted by molar-refractivity contribution is -0.133. The van der Waals surface area contributed by atoms with E-state index >= 15 is 0 Å². The maximum Gasteiger partial charge on any atom is 0.222 e. The highest BCUT2D eigenvalue weighted by Gasteiger charge is 2.23. The lowest BCUT2D eigenvalue weighted by atomic mass is 9.95. The van der Waals surface area contributed by atoms with Gasteiger partial charge in [0.15, 0.2) is 0 Å². The monoisotopic (exact) mass is 274 g/mol. The van der Waals surface area contributed by atoms with Gasteiger partial charge in [0.1, 0.15) is 0 Å². The Morgan fingerprint density at radius 2 is 2.17 bits per heavy atom. The summed E-state index contributed by atoms with van der Waals surface area (Å²) in [5.41, 5.74) is 0. The topological polar surface area (TPSA) is 32.3 Å². The van der Waals surface area contributed by atoms with Crippen molar-refractivity contribution < 1.29 is 4.79 Å². The van der Waals surface area contributed by atoms with Crippen molar-refractivity contribution in [1.82, 2.24) is 10.2 Å². The molecule has 0 aromatic heterocycles. The van der Waals surface area contributed by atoms with Gasteiger partial charge in [0.05, 0.1) is 0 Å². The van der Waals surface area contributed by atoms with Crippen LogP contribution in [0.5, 0.6) is 0 Å². The molecule has 0 aliphatic carbocycles. The van der Waals surface area contributed by atoms with E-state index in [4.69, 9.17) is 0 Å². The number of halogens is 1. The zero-order valence-electron chi connectivity index (χ0n) is 11.5. The highest BCUT2D eigenvalue weighted by Crippen LogP contribution is 2.20. The van der Waals surface area contributed by atoms with Crippen LogP contribution in [0.1, 0.15) is 51.9 Å². The fourth-order valence-corrected chi connectivity index (χ4v) is 3.08. The Morgan fingerprint density at radius 1 is 1.33 bits per heavy atom. The molecule has 18 heavy (non-hydrogen) atoms. The molecule has 2 unspecified atom stereocenters. The highest BCUT2D eigenvalue weighted by atomic mass is 35.5. The van der Waals surface area contributed by atoms with Crippen LogP contribution < -0.4 is 5.32 Å². The van der Waals surface area contributed by atoms with Gasteiger partial charge in [-0.2, -0.15) is 0 Å². The second-order valence-corrected chi connectivity index (χ2v) is 5.59. The van der Waals surface area contributed by atoms with Crippen LogP contribution in [-0.2, 0) is 4.79 Å². The molecule has 0 bridgehead atoms. The van der Waals surface area contributed by atoms with Gasteiger partial charge in [0.2, 0.25) is 5.91 Å². The molecular weight excluding hydrogens is 248 g/mol. The van der Waals surface area contributed by atoms with E-state index in [1.165, 1.54) is 32.1 Å². The normalized spacial score (nSPS) is 27.9. The number of hydrogen-bond acceptors (Lipinski definition) is 2. The van der Waals surface area contributed by atoms with Crippen molar-refractivity contribution >= 4 is 18.3 Å². The molecule has 2 heterocycles. The summed E-state index contributed by atoms with van der Waals surface area (Å²) in [4.78, 5) is 14.2. The van der Waals surface area contributed by atoms with E-state index in [0.717, 1.165) is 38.4 Å². The van der Waals surface area contributed by atoms with Crippen molar-refractivity contribution in [2.45, 2.75) is 57.9 Å². The minimum absolute atomic E-state index is 0. The molecule has 2 aliphatic rings. The third kappa shape index (κ3) is 4.43. The lowest BCUT2D eigenvalue weighted by Gasteiger charge is -2.32. The molecule has 3 nitrogen and oxygen atoms in total. The van der Waals surface area contributed by atoms with Crippen molar-refractivity contribution in [3.05, 3.63) is 0 Å². The van der Waals surface area contributed by atoms with Crippen LogP contribution >= 0.6 is 12.4 Å². The van der Waals surface area contributed by atoms with Crippen LogP contribution in [0.15, 0.2) is 0 Å². The SMILES string of the molecule is CCC1CCCN(C(=O)CCC2CCCN2)C1.Cl. The number of amides is 1. The number of piperidine rings is 1. The Balaban J connectivity index is 0.00000162.